The lowest BCUT2D eigenvalue weighted by Crippen LogP contribution is -2.33. The zero-order valence-electron chi connectivity index (χ0n) is 11.1. The number of nitro groups is 1. The van der Waals surface area contributed by atoms with Gasteiger partial charge in [-0.05, 0) is 36.4 Å². The number of nitro benzene ring substituents is 1. The van der Waals surface area contributed by atoms with Crippen molar-refractivity contribution in [2.24, 2.45) is 0 Å². The Labute approximate surface area is 120 Å². The summed E-state index contributed by atoms with van der Waals surface area (Å²) in [6, 6.07) is 7.10. The van der Waals surface area contributed by atoms with Gasteiger partial charge in [0.2, 0.25) is 0 Å². The molecule has 20 heavy (non-hydrogen) atoms. The first-order valence-electron chi connectivity index (χ1n) is 6.44. The van der Waals surface area contributed by atoms with Crippen molar-refractivity contribution in [3.05, 3.63) is 50.2 Å². The molecule has 1 aromatic carbocycles. The van der Waals surface area contributed by atoms with E-state index in [2.05, 4.69) is 23.3 Å². The topological polar surface area (TPSA) is 72.4 Å². The molecule has 2 heterocycles. The highest BCUT2D eigenvalue weighted by Crippen LogP contribution is 2.38. The fraction of sp³-hybridized carbons (Fsp3) is 0.286. The molecular formula is C14H15N3O2S. The van der Waals surface area contributed by atoms with Gasteiger partial charge in [-0.25, -0.2) is 0 Å². The van der Waals surface area contributed by atoms with Crippen molar-refractivity contribution in [3.63, 3.8) is 0 Å². The van der Waals surface area contributed by atoms with Crippen molar-refractivity contribution in [1.82, 2.24) is 0 Å². The third kappa shape index (κ3) is 2.02. The van der Waals surface area contributed by atoms with E-state index in [0.29, 0.717) is 5.69 Å². The van der Waals surface area contributed by atoms with Gasteiger partial charge in [0.15, 0.2) is 0 Å². The first-order valence-corrected chi connectivity index (χ1v) is 7.32. The van der Waals surface area contributed by atoms with Crippen LogP contribution in [0.2, 0.25) is 0 Å². The van der Waals surface area contributed by atoms with Crippen LogP contribution in [0.3, 0.4) is 0 Å². The molecule has 5 nitrogen and oxygen atoms in total. The predicted octanol–water partition coefficient (Wildman–Crippen LogP) is 3.36. The van der Waals surface area contributed by atoms with Gasteiger partial charge in [0.05, 0.1) is 22.3 Å². The van der Waals surface area contributed by atoms with Gasteiger partial charge in [-0.15, -0.1) is 11.3 Å². The average molecular weight is 289 g/mol. The molecule has 0 bridgehead atoms. The van der Waals surface area contributed by atoms with Gasteiger partial charge >= 0.3 is 0 Å². The highest BCUT2D eigenvalue weighted by molar-refractivity contribution is 7.10. The number of hydrogen-bond donors (Lipinski definition) is 1. The van der Waals surface area contributed by atoms with Crippen molar-refractivity contribution < 1.29 is 4.92 Å². The summed E-state index contributed by atoms with van der Waals surface area (Å²) in [5, 5.41) is 12.9. The molecule has 1 unspecified atom stereocenters. The molecule has 0 saturated carbocycles. The second-order valence-corrected chi connectivity index (χ2v) is 5.92. The van der Waals surface area contributed by atoms with Crippen molar-refractivity contribution >= 4 is 28.4 Å². The normalized spacial score (nSPS) is 17.9. The van der Waals surface area contributed by atoms with Gasteiger partial charge < -0.3 is 10.6 Å². The fourth-order valence-electron chi connectivity index (χ4n) is 2.76. The predicted molar refractivity (Wildman–Crippen MR) is 81.3 cm³/mol. The standard InChI is InChI=1S/C14H15N3O2S/c1-9-11-5-7-20-14(11)4-6-16(9)13-3-2-10(17(18)19)8-12(13)15/h2-3,5,7-9H,4,6,15H2,1H3. The number of thiophene rings is 1. The highest BCUT2D eigenvalue weighted by Gasteiger charge is 2.26. The lowest BCUT2D eigenvalue weighted by atomic mass is 10.0. The Morgan fingerprint density at radius 2 is 2.25 bits per heavy atom. The summed E-state index contributed by atoms with van der Waals surface area (Å²) in [7, 11) is 0. The number of anilines is 2. The van der Waals surface area contributed by atoms with Crippen molar-refractivity contribution in [1.29, 1.82) is 0 Å². The van der Waals surface area contributed by atoms with E-state index >= 15 is 0 Å². The summed E-state index contributed by atoms with van der Waals surface area (Å²) in [6.45, 7) is 3.03. The number of benzene rings is 1. The van der Waals surface area contributed by atoms with Crippen LogP contribution in [0.25, 0.3) is 0 Å². The molecule has 0 fully saturated rings. The molecule has 2 aromatic rings. The fourth-order valence-corrected chi connectivity index (χ4v) is 3.72. The lowest BCUT2D eigenvalue weighted by Gasteiger charge is -2.36. The van der Waals surface area contributed by atoms with Crippen LogP contribution in [0.1, 0.15) is 23.4 Å². The summed E-state index contributed by atoms with van der Waals surface area (Å²) in [5.41, 5.74) is 8.71. The van der Waals surface area contributed by atoms with Gasteiger partial charge in [0.1, 0.15) is 0 Å². The van der Waals surface area contributed by atoms with E-state index in [9.17, 15) is 10.1 Å². The summed E-state index contributed by atoms with van der Waals surface area (Å²) in [4.78, 5) is 14.0. The van der Waals surface area contributed by atoms with Crippen molar-refractivity contribution in [3.8, 4) is 0 Å². The molecule has 3 rings (SSSR count). The minimum absolute atomic E-state index is 0.0344. The molecule has 6 heteroatoms. The number of hydrogen-bond acceptors (Lipinski definition) is 5. The van der Waals surface area contributed by atoms with E-state index in [1.165, 1.54) is 22.6 Å². The molecule has 0 saturated heterocycles. The second-order valence-electron chi connectivity index (χ2n) is 4.92. The monoisotopic (exact) mass is 289 g/mol. The molecule has 1 aliphatic rings. The molecule has 104 valence electrons. The number of rotatable bonds is 2. The summed E-state index contributed by atoms with van der Waals surface area (Å²) in [5.74, 6) is 0. The molecule has 2 N–H and O–H groups in total. The lowest BCUT2D eigenvalue weighted by molar-refractivity contribution is -0.384. The number of fused-ring (bicyclic) bond motifs is 1. The van der Waals surface area contributed by atoms with E-state index in [0.717, 1.165) is 18.7 Å². The van der Waals surface area contributed by atoms with E-state index < -0.39 is 4.92 Å². The average Bonchev–Trinajstić information content (AvgIpc) is 2.89. The maximum atomic E-state index is 10.8. The maximum Gasteiger partial charge on any atom is 0.271 e. The zero-order chi connectivity index (χ0) is 14.3. The molecule has 0 aliphatic carbocycles. The molecule has 1 atom stereocenters. The Kier molecular flexibility index (Phi) is 3.10. The molecule has 0 radical (unpaired) electrons. The van der Waals surface area contributed by atoms with Crippen LogP contribution in [-0.2, 0) is 6.42 Å². The second kappa shape index (κ2) is 4.79. The Morgan fingerprint density at radius 1 is 1.45 bits per heavy atom. The Bertz CT molecular complexity index is 668. The van der Waals surface area contributed by atoms with E-state index in [1.54, 1.807) is 17.4 Å². The number of nitrogens with zero attached hydrogens (tertiary/aromatic N) is 2. The van der Waals surface area contributed by atoms with Gasteiger partial charge in [0.25, 0.3) is 5.69 Å². The van der Waals surface area contributed by atoms with Crippen LogP contribution in [0.5, 0.6) is 0 Å². The van der Waals surface area contributed by atoms with Crippen molar-refractivity contribution in [2.75, 3.05) is 17.2 Å². The number of nitrogens with two attached hydrogens (primary N) is 1. The maximum absolute atomic E-state index is 10.8. The van der Waals surface area contributed by atoms with Crippen LogP contribution < -0.4 is 10.6 Å². The van der Waals surface area contributed by atoms with E-state index in [1.807, 2.05) is 0 Å². The van der Waals surface area contributed by atoms with Crippen LogP contribution in [0.15, 0.2) is 29.6 Å². The van der Waals surface area contributed by atoms with Gasteiger partial charge in [0, 0.05) is 23.6 Å². The minimum atomic E-state index is -0.420. The SMILES string of the molecule is CC1c2ccsc2CCN1c1ccc([N+](=O)[O-])cc1N. The molecule has 0 spiro atoms. The summed E-state index contributed by atoms with van der Waals surface area (Å²) < 4.78 is 0. The van der Waals surface area contributed by atoms with E-state index in [4.69, 9.17) is 5.73 Å². The van der Waals surface area contributed by atoms with Crippen LogP contribution in [0, 0.1) is 10.1 Å². The Morgan fingerprint density at radius 3 is 2.95 bits per heavy atom. The van der Waals surface area contributed by atoms with Gasteiger partial charge in [-0.2, -0.15) is 0 Å². The molecular weight excluding hydrogens is 274 g/mol. The third-order valence-corrected chi connectivity index (χ3v) is 4.81. The quantitative estimate of drug-likeness (QED) is 0.522. The molecule has 1 aliphatic heterocycles. The summed E-state index contributed by atoms with van der Waals surface area (Å²) >= 11 is 1.79. The first-order chi connectivity index (χ1) is 9.58. The van der Waals surface area contributed by atoms with Crippen molar-refractivity contribution in [2.45, 2.75) is 19.4 Å². The van der Waals surface area contributed by atoms with Crippen LogP contribution >= 0.6 is 11.3 Å². The van der Waals surface area contributed by atoms with Gasteiger partial charge in [-0.1, -0.05) is 0 Å². The van der Waals surface area contributed by atoms with Crippen LogP contribution in [0.4, 0.5) is 17.1 Å². The molecule has 1 aromatic heterocycles. The highest BCUT2D eigenvalue weighted by atomic mass is 32.1. The van der Waals surface area contributed by atoms with E-state index in [-0.39, 0.29) is 11.7 Å². The first kappa shape index (κ1) is 12.9. The van der Waals surface area contributed by atoms with Crippen LogP contribution in [-0.4, -0.2) is 11.5 Å². The largest absolute Gasteiger partial charge is 0.397 e. The Balaban J connectivity index is 1.96. The summed E-state index contributed by atoms with van der Waals surface area (Å²) in [6.07, 6.45) is 0.994. The zero-order valence-corrected chi connectivity index (χ0v) is 11.9. The Hall–Kier alpha value is -2.08. The minimum Gasteiger partial charge on any atom is -0.397 e. The smallest absolute Gasteiger partial charge is 0.271 e. The molecule has 0 amide bonds. The number of non-ortho nitro benzene ring substituents is 1. The van der Waals surface area contributed by atoms with Gasteiger partial charge in [-0.3, -0.25) is 10.1 Å². The third-order valence-electron chi connectivity index (χ3n) is 3.81. The number of nitrogen functional groups attached to an aromatic ring is 1.